The lowest BCUT2D eigenvalue weighted by Gasteiger charge is -2.21. The van der Waals surface area contributed by atoms with Crippen LogP contribution in [0.1, 0.15) is 12.0 Å². The van der Waals surface area contributed by atoms with Crippen molar-refractivity contribution >= 4 is 51.7 Å². The Bertz CT molecular complexity index is 1170. The van der Waals surface area contributed by atoms with Crippen LogP contribution >= 0.6 is 23.2 Å². The van der Waals surface area contributed by atoms with Gasteiger partial charge in [-0.3, -0.25) is 9.78 Å². The van der Waals surface area contributed by atoms with Gasteiger partial charge < -0.3 is 15.3 Å². The van der Waals surface area contributed by atoms with Gasteiger partial charge in [-0.25, -0.2) is 4.79 Å². The summed E-state index contributed by atoms with van der Waals surface area (Å²) in [6.45, 7) is 1.68. The number of hydrogen-bond donors (Lipinski definition) is 2. The Balaban J connectivity index is 0.000000406. The molecule has 2 heterocycles. The number of pyridine rings is 1. The first-order valence-electron chi connectivity index (χ1n) is 10.2. The topological polar surface area (TPSA) is 82.5 Å². The minimum Gasteiger partial charge on any atom is -0.475 e. The molecule has 0 spiro atoms. The molecule has 1 unspecified atom stereocenters. The molecule has 2 N–H and O–H groups in total. The monoisotopic (exact) mass is 513 g/mol. The second-order valence-electron chi connectivity index (χ2n) is 7.60. The van der Waals surface area contributed by atoms with Crippen molar-refractivity contribution in [3.63, 3.8) is 0 Å². The van der Waals surface area contributed by atoms with E-state index in [2.05, 4.69) is 15.2 Å². The third kappa shape index (κ3) is 6.98. The first-order valence-corrected chi connectivity index (χ1v) is 10.9. The predicted molar refractivity (Wildman–Crippen MR) is 124 cm³/mol. The summed E-state index contributed by atoms with van der Waals surface area (Å²) in [4.78, 5) is 28.0. The maximum Gasteiger partial charge on any atom is 0.490 e. The highest BCUT2D eigenvalue weighted by Gasteiger charge is 2.38. The second kappa shape index (κ2) is 10.9. The Hall–Kier alpha value is -3.04. The van der Waals surface area contributed by atoms with Crippen LogP contribution in [0.4, 0.5) is 18.9 Å². The van der Waals surface area contributed by atoms with Gasteiger partial charge >= 0.3 is 12.1 Å². The van der Waals surface area contributed by atoms with Gasteiger partial charge in [-0.2, -0.15) is 13.2 Å². The number of carbonyl (C=O) groups excluding carboxylic acids is 1. The Morgan fingerprint density at radius 3 is 2.38 bits per heavy atom. The van der Waals surface area contributed by atoms with Crippen LogP contribution in [0.2, 0.25) is 10.0 Å². The number of aliphatic carboxylic acids is 1. The Labute approximate surface area is 203 Å². The molecule has 0 radical (unpaired) electrons. The summed E-state index contributed by atoms with van der Waals surface area (Å²) >= 11 is 12.0. The van der Waals surface area contributed by atoms with Crippen molar-refractivity contribution in [3.8, 4) is 0 Å². The van der Waals surface area contributed by atoms with Gasteiger partial charge in [0, 0.05) is 46.4 Å². The molecule has 0 bridgehead atoms. The maximum atomic E-state index is 12.4. The van der Waals surface area contributed by atoms with Crippen LogP contribution in [0.5, 0.6) is 0 Å². The summed E-state index contributed by atoms with van der Waals surface area (Å²) in [5.41, 5.74) is 2.98. The molecule has 4 rings (SSSR count). The minimum atomic E-state index is -5.08. The van der Waals surface area contributed by atoms with Crippen molar-refractivity contribution in [3.05, 3.63) is 70.3 Å². The van der Waals surface area contributed by atoms with E-state index in [-0.39, 0.29) is 11.9 Å². The largest absolute Gasteiger partial charge is 0.490 e. The maximum absolute atomic E-state index is 12.4. The fourth-order valence-electron chi connectivity index (χ4n) is 3.55. The van der Waals surface area contributed by atoms with Gasteiger partial charge in [-0.1, -0.05) is 35.3 Å². The number of carbonyl (C=O) groups is 2. The zero-order chi connectivity index (χ0) is 24.9. The summed E-state index contributed by atoms with van der Waals surface area (Å²) in [5.74, 6) is -2.72. The molecule has 1 aliphatic heterocycles. The van der Waals surface area contributed by atoms with Crippen molar-refractivity contribution < 1.29 is 27.9 Å². The molecule has 34 heavy (non-hydrogen) atoms. The minimum absolute atomic E-state index is 0.0375. The number of alkyl halides is 3. The number of nitrogens with one attached hydrogen (secondary N) is 1. The van der Waals surface area contributed by atoms with Crippen LogP contribution in [0.3, 0.4) is 0 Å². The molecule has 1 saturated heterocycles. The molecular weight excluding hydrogens is 494 g/mol. The van der Waals surface area contributed by atoms with E-state index in [0.29, 0.717) is 16.5 Å². The van der Waals surface area contributed by atoms with E-state index in [1.54, 1.807) is 6.20 Å². The standard InChI is InChI=1S/C21H19Cl2N3O.C2HF3O2/c22-15-3-1-14(2-4-15)11-21(27)25-17-8-10-26(13-17)20-7-9-24-19-12-16(23)5-6-18(19)20;3-2(4,5)1(6)7/h1-7,9,12,17H,8,10-11,13H2,(H,25,27);(H,6,7). The molecule has 0 aliphatic carbocycles. The van der Waals surface area contributed by atoms with Gasteiger partial charge in [-0.15, -0.1) is 0 Å². The molecule has 2 aromatic carbocycles. The third-order valence-electron chi connectivity index (χ3n) is 5.10. The van der Waals surface area contributed by atoms with Crippen LogP contribution in [-0.4, -0.2) is 47.3 Å². The smallest absolute Gasteiger partial charge is 0.475 e. The third-order valence-corrected chi connectivity index (χ3v) is 5.58. The normalized spacial score (nSPS) is 15.6. The number of carboxylic acids is 1. The summed E-state index contributed by atoms with van der Waals surface area (Å²) in [6.07, 6.45) is -1.99. The lowest BCUT2D eigenvalue weighted by molar-refractivity contribution is -0.192. The van der Waals surface area contributed by atoms with Crippen LogP contribution in [-0.2, 0) is 16.0 Å². The lowest BCUT2D eigenvalue weighted by Crippen LogP contribution is -2.38. The number of anilines is 1. The molecule has 1 fully saturated rings. The van der Waals surface area contributed by atoms with E-state index < -0.39 is 12.1 Å². The van der Waals surface area contributed by atoms with E-state index in [1.807, 2.05) is 48.5 Å². The van der Waals surface area contributed by atoms with E-state index in [0.717, 1.165) is 41.7 Å². The fraction of sp³-hybridized carbons (Fsp3) is 0.261. The average Bonchev–Trinajstić information content (AvgIpc) is 3.22. The predicted octanol–water partition coefficient (Wildman–Crippen LogP) is 5.11. The number of aromatic nitrogens is 1. The summed E-state index contributed by atoms with van der Waals surface area (Å²) in [5, 5.41) is 12.7. The number of amides is 1. The van der Waals surface area contributed by atoms with Crippen LogP contribution < -0.4 is 10.2 Å². The van der Waals surface area contributed by atoms with Gasteiger partial charge in [0.25, 0.3) is 0 Å². The lowest BCUT2D eigenvalue weighted by atomic mass is 10.1. The van der Waals surface area contributed by atoms with Crippen molar-refractivity contribution in [2.24, 2.45) is 0 Å². The molecule has 3 aromatic rings. The number of carboxylic acid groups (broad SMARTS) is 1. The molecule has 1 aromatic heterocycles. The fourth-order valence-corrected chi connectivity index (χ4v) is 3.84. The average molecular weight is 514 g/mol. The van der Waals surface area contributed by atoms with Gasteiger partial charge in [0.05, 0.1) is 11.9 Å². The molecular formula is C23H20Cl2F3N3O3. The van der Waals surface area contributed by atoms with E-state index in [4.69, 9.17) is 33.1 Å². The number of fused-ring (bicyclic) bond motifs is 1. The van der Waals surface area contributed by atoms with Gasteiger partial charge in [0.15, 0.2) is 0 Å². The first kappa shape index (κ1) is 25.6. The van der Waals surface area contributed by atoms with Crippen LogP contribution in [0.25, 0.3) is 10.9 Å². The van der Waals surface area contributed by atoms with Gasteiger partial charge in [0.1, 0.15) is 0 Å². The highest BCUT2D eigenvalue weighted by atomic mass is 35.5. The quantitative estimate of drug-likeness (QED) is 0.506. The van der Waals surface area contributed by atoms with Crippen molar-refractivity contribution in [1.29, 1.82) is 0 Å². The summed E-state index contributed by atoms with van der Waals surface area (Å²) < 4.78 is 31.7. The molecule has 1 aliphatic rings. The molecule has 6 nitrogen and oxygen atoms in total. The van der Waals surface area contributed by atoms with E-state index >= 15 is 0 Å². The highest BCUT2D eigenvalue weighted by Crippen LogP contribution is 2.29. The number of nitrogens with zero attached hydrogens (tertiary/aromatic N) is 2. The SMILES string of the molecule is O=C(Cc1ccc(Cl)cc1)NC1CCN(c2ccnc3cc(Cl)ccc23)C1.O=C(O)C(F)(F)F. The van der Waals surface area contributed by atoms with Crippen molar-refractivity contribution in [1.82, 2.24) is 10.3 Å². The second-order valence-corrected chi connectivity index (χ2v) is 8.47. The van der Waals surface area contributed by atoms with Gasteiger partial charge in [-0.05, 0) is 48.4 Å². The highest BCUT2D eigenvalue weighted by molar-refractivity contribution is 6.31. The zero-order valence-electron chi connectivity index (χ0n) is 17.6. The molecule has 1 amide bonds. The van der Waals surface area contributed by atoms with Crippen molar-refractivity contribution in [2.45, 2.75) is 25.1 Å². The summed E-state index contributed by atoms with van der Waals surface area (Å²) in [7, 11) is 0. The Morgan fingerprint density at radius 1 is 1.09 bits per heavy atom. The number of halogens is 5. The van der Waals surface area contributed by atoms with Crippen LogP contribution in [0, 0.1) is 0 Å². The Kier molecular flexibility index (Phi) is 8.22. The Morgan fingerprint density at radius 2 is 1.74 bits per heavy atom. The van der Waals surface area contributed by atoms with Gasteiger partial charge in [0.2, 0.25) is 5.91 Å². The first-order chi connectivity index (χ1) is 16.0. The zero-order valence-corrected chi connectivity index (χ0v) is 19.2. The van der Waals surface area contributed by atoms with Crippen LogP contribution in [0.15, 0.2) is 54.7 Å². The molecule has 11 heteroatoms. The number of rotatable bonds is 4. The van der Waals surface area contributed by atoms with E-state index in [9.17, 15) is 18.0 Å². The number of benzene rings is 2. The molecule has 0 saturated carbocycles. The van der Waals surface area contributed by atoms with E-state index in [1.165, 1.54) is 0 Å². The van der Waals surface area contributed by atoms with Crippen molar-refractivity contribution in [2.75, 3.05) is 18.0 Å². The number of hydrogen-bond acceptors (Lipinski definition) is 4. The summed E-state index contributed by atoms with van der Waals surface area (Å²) in [6, 6.07) is 15.3. The molecule has 1 atom stereocenters. The molecule has 180 valence electrons.